The molecule has 0 amide bonds. The number of nitrogens with zero attached hydrogens (tertiary/aromatic N) is 1. The first-order chi connectivity index (χ1) is 18.0. The molecule has 0 fully saturated rings. The van der Waals surface area contributed by atoms with Crippen LogP contribution in [0.15, 0.2) is 78.2 Å². The molecule has 6 rings (SSSR count). The van der Waals surface area contributed by atoms with E-state index >= 15 is 0 Å². The molecule has 0 saturated carbocycles. The van der Waals surface area contributed by atoms with Crippen LogP contribution in [0.3, 0.4) is 0 Å². The lowest BCUT2D eigenvalue weighted by Gasteiger charge is -2.28. The highest BCUT2D eigenvalue weighted by Crippen LogP contribution is 2.52. The fourth-order valence-electron chi connectivity index (χ4n) is 5.93. The maximum absolute atomic E-state index is 6.76. The van der Waals surface area contributed by atoms with Crippen LogP contribution in [0.2, 0.25) is 5.02 Å². The molecule has 1 aliphatic rings. The molecular weight excluding hydrogens is 502 g/mol. The Morgan fingerprint density at radius 1 is 0.789 bits per heavy atom. The van der Waals surface area contributed by atoms with Gasteiger partial charge < -0.3 is 4.90 Å². The number of thiophene rings is 1. The van der Waals surface area contributed by atoms with E-state index in [2.05, 4.69) is 132 Å². The standard InChI is InChI=1S/C35H34ClNS/c1-21-16-30(36)22(2)31(17-21)37(24-14-12-23(13-15-24)34(3,4)5)32-20-38-33-19-29-26(18-27(32)33)25-10-8-9-11-28(25)35(29,6)7/h8-20H,1-7H3. The van der Waals surface area contributed by atoms with Crippen LogP contribution in [0.1, 0.15) is 62.4 Å². The summed E-state index contributed by atoms with van der Waals surface area (Å²) in [7, 11) is 0. The highest BCUT2D eigenvalue weighted by molar-refractivity contribution is 7.17. The van der Waals surface area contributed by atoms with Gasteiger partial charge in [0.2, 0.25) is 0 Å². The molecule has 0 saturated heterocycles. The van der Waals surface area contributed by atoms with Gasteiger partial charge in [0.1, 0.15) is 0 Å². The van der Waals surface area contributed by atoms with E-state index < -0.39 is 0 Å². The summed E-state index contributed by atoms with van der Waals surface area (Å²) >= 11 is 8.58. The Morgan fingerprint density at radius 3 is 2.21 bits per heavy atom. The van der Waals surface area contributed by atoms with Crippen molar-refractivity contribution < 1.29 is 0 Å². The fourth-order valence-corrected chi connectivity index (χ4v) is 7.14. The molecule has 0 unspecified atom stereocenters. The Labute approximate surface area is 235 Å². The third kappa shape index (κ3) is 3.89. The van der Waals surface area contributed by atoms with Gasteiger partial charge in [-0.15, -0.1) is 11.3 Å². The summed E-state index contributed by atoms with van der Waals surface area (Å²) in [5, 5.41) is 4.39. The van der Waals surface area contributed by atoms with E-state index in [4.69, 9.17) is 11.6 Å². The first-order valence-electron chi connectivity index (χ1n) is 13.3. The average molecular weight is 536 g/mol. The van der Waals surface area contributed by atoms with Crippen molar-refractivity contribution in [1.82, 2.24) is 0 Å². The van der Waals surface area contributed by atoms with Gasteiger partial charge in [-0.05, 0) is 94.6 Å². The zero-order chi connectivity index (χ0) is 27.0. The quantitative estimate of drug-likeness (QED) is 0.222. The molecule has 192 valence electrons. The molecule has 4 aromatic carbocycles. The summed E-state index contributed by atoms with van der Waals surface area (Å²) < 4.78 is 1.31. The molecule has 38 heavy (non-hydrogen) atoms. The number of aryl methyl sites for hydroxylation is 1. The maximum Gasteiger partial charge on any atom is 0.0647 e. The van der Waals surface area contributed by atoms with E-state index in [1.165, 1.54) is 43.6 Å². The van der Waals surface area contributed by atoms with Crippen LogP contribution in [0.5, 0.6) is 0 Å². The highest BCUT2D eigenvalue weighted by atomic mass is 35.5. The van der Waals surface area contributed by atoms with Gasteiger partial charge in [0.15, 0.2) is 0 Å². The van der Waals surface area contributed by atoms with Crippen molar-refractivity contribution >= 4 is 50.1 Å². The summed E-state index contributed by atoms with van der Waals surface area (Å²) in [5.41, 5.74) is 12.6. The number of benzene rings is 4. The van der Waals surface area contributed by atoms with E-state index in [-0.39, 0.29) is 10.8 Å². The number of hydrogen-bond donors (Lipinski definition) is 0. The predicted octanol–water partition coefficient (Wildman–Crippen LogP) is 11.2. The van der Waals surface area contributed by atoms with E-state index in [9.17, 15) is 0 Å². The minimum Gasteiger partial charge on any atom is -0.309 e. The number of hydrogen-bond acceptors (Lipinski definition) is 2. The van der Waals surface area contributed by atoms with Crippen LogP contribution in [0.25, 0.3) is 21.2 Å². The van der Waals surface area contributed by atoms with Crippen LogP contribution in [-0.2, 0) is 10.8 Å². The SMILES string of the molecule is Cc1cc(Cl)c(C)c(N(c2ccc(C(C)(C)C)cc2)c2csc3cc4c(cc23)-c2ccccc2C4(C)C)c1. The van der Waals surface area contributed by atoms with Crippen LogP contribution < -0.4 is 4.90 Å². The lowest BCUT2D eigenvalue weighted by Crippen LogP contribution is -2.15. The minimum atomic E-state index is -0.00655. The van der Waals surface area contributed by atoms with E-state index in [1.54, 1.807) is 0 Å². The van der Waals surface area contributed by atoms with Crippen LogP contribution in [-0.4, -0.2) is 0 Å². The van der Waals surface area contributed by atoms with Crippen LogP contribution in [0, 0.1) is 13.8 Å². The van der Waals surface area contributed by atoms with E-state index in [1.807, 2.05) is 11.3 Å². The second-order valence-corrected chi connectivity index (χ2v) is 13.5. The van der Waals surface area contributed by atoms with Gasteiger partial charge in [-0.2, -0.15) is 0 Å². The van der Waals surface area contributed by atoms with Gasteiger partial charge in [0, 0.05) is 31.6 Å². The molecule has 1 aliphatic carbocycles. The molecule has 0 atom stereocenters. The van der Waals surface area contributed by atoms with Crippen LogP contribution >= 0.6 is 22.9 Å². The molecule has 1 nitrogen and oxygen atoms in total. The Kier molecular flexibility index (Phi) is 5.79. The number of fused-ring (bicyclic) bond motifs is 4. The summed E-state index contributed by atoms with van der Waals surface area (Å²) in [6.45, 7) is 15.7. The third-order valence-corrected chi connectivity index (χ3v) is 9.52. The molecule has 3 heteroatoms. The monoisotopic (exact) mass is 535 g/mol. The molecule has 0 spiro atoms. The number of anilines is 3. The molecule has 1 heterocycles. The van der Waals surface area contributed by atoms with Gasteiger partial charge in [-0.25, -0.2) is 0 Å². The molecule has 0 radical (unpaired) electrons. The lowest BCUT2D eigenvalue weighted by molar-refractivity contribution is 0.590. The first-order valence-corrected chi connectivity index (χ1v) is 14.6. The summed E-state index contributed by atoms with van der Waals surface area (Å²) in [5.74, 6) is 0. The predicted molar refractivity (Wildman–Crippen MR) is 167 cm³/mol. The molecular formula is C35H34ClNS. The van der Waals surface area contributed by atoms with Crippen molar-refractivity contribution in [2.75, 3.05) is 4.90 Å². The summed E-state index contributed by atoms with van der Waals surface area (Å²) in [6, 6.07) is 27.1. The van der Waals surface area contributed by atoms with E-state index in [0.29, 0.717) is 0 Å². The lowest BCUT2D eigenvalue weighted by atomic mass is 9.82. The zero-order valence-corrected chi connectivity index (χ0v) is 24.8. The minimum absolute atomic E-state index is 0.00655. The Hall–Kier alpha value is -3.07. The highest BCUT2D eigenvalue weighted by Gasteiger charge is 2.36. The van der Waals surface area contributed by atoms with Crippen LogP contribution in [0.4, 0.5) is 17.1 Å². The van der Waals surface area contributed by atoms with Gasteiger partial charge in [0.25, 0.3) is 0 Å². The molecule has 0 aliphatic heterocycles. The second-order valence-electron chi connectivity index (χ2n) is 12.2. The van der Waals surface area contributed by atoms with Crippen molar-refractivity contribution in [1.29, 1.82) is 0 Å². The summed E-state index contributed by atoms with van der Waals surface area (Å²) in [4.78, 5) is 2.40. The average Bonchev–Trinajstić information content (AvgIpc) is 3.37. The molecule has 0 bridgehead atoms. The maximum atomic E-state index is 6.76. The van der Waals surface area contributed by atoms with Gasteiger partial charge in [0.05, 0.1) is 11.4 Å². The van der Waals surface area contributed by atoms with Gasteiger partial charge in [-0.1, -0.05) is 82.6 Å². The molecule has 5 aromatic rings. The van der Waals surface area contributed by atoms with Crippen molar-refractivity contribution in [2.45, 2.75) is 59.3 Å². The topological polar surface area (TPSA) is 3.24 Å². The smallest absolute Gasteiger partial charge is 0.0647 e. The van der Waals surface area contributed by atoms with Gasteiger partial charge in [-0.3, -0.25) is 0 Å². The summed E-state index contributed by atoms with van der Waals surface area (Å²) in [6.07, 6.45) is 0. The van der Waals surface area contributed by atoms with Crippen molar-refractivity contribution in [3.05, 3.63) is 111 Å². The Bertz CT molecular complexity index is 1700. The first kappa shape index (κ1) is 25.2. The molecule has 0 N–H and O–H groups in total. The zero-order valence-electron chi connectivity index (χ0n) is 23.2. The van der Waals surface area contributed by atoms with Crippen molar-refractivity contribution in [3.63, 3.8) is 0 Å². The second kappa shape index (κ2) is 8.73. The largest absolute Gasteiger partial charge is 0.309 e. The third-order valence-electron chi connectivity index (χ3n) is 8.19. The number of halogens is 1. The number of rotatable bonds is 3. The van der Waals surface area contributed by atoms with Crippen molar-refractivity contribution in [3.8, 4) is 11.1 Å². The Balaban J connectivity index is 1.61. The van der Waals surface area contributed by atoms with Gasteiger partial charge >= 0.3 is 0 Å². The molecule has 1 aromatic heterocycles. The van der Waals surface area contributed by atoms with Crippen molar-refractivity contribution in [2.24, 2.45) is 0 Å². The fraction of sp³-hybridized carbons (Fsp3) is 0.257. The normalized spacial score (nSPS) is 14.0. The Morgan fingerprint density at radius 2 is 1.50 bits per heavy atom. The van der Waals surface area contributed by atoms with E-state index in [0.717, 1.165) is 27.5 Å².